The average Bonchev–Trinajstić information content (AvgIpc) is 3.26. The molecule has 0 heterocycles. The van der Waals surface area contributed by atoms with Gasteiger partial charge in [-0.05, 0) is 54.1 Å². The number of nitro benzene ring substituents is 1. The summed E-state index contributed by atoms with van der Waals surface area (Å²) in [5.41, 5.74) is -1.77. The molecule has 2 aromatic carbocycles. The molecule has 0 spiro atoms. The smallest absolute Gasteiger partial charge is 0.652 e. The van der Waals surface area contributed by atoms with Gasteiger partial charge >= 0.3 is 115 Å². The Kier molecular flexibility index (Phi) is 16.8. The zero-order valence-corrected chi connectivity index (χ0v) is 28.8. The van der Waals surface area contributed by atoms with Crippen molar-refractivity contribution in [1.29, 1.82) is 0 Å². The van der Waals surface area contributed by atoms with E-state index in [0.717, 1.165) is 24.5 Å². The molecule has 0 unspecified atom stereocenters. The van der Waals surface area contributed by atoms with Crippen LogP contribution in [0.3, 0.4) is 0 Å². The molecule has 17 heteroatoms. The zero-order chi connectivity index (χ0) is 28.7. The van der Waals surface area contributed by atoms with Gasteiger partial charge in [0.2, 0.25) is 10.0 Å². The maximum atomic E-state index is 13.3. The predicted octanol–water partition coefficient (Wildman–Crippen LogP) is -4.12. The Morgan fingerprint density at radius 1 is 1.00 bits per heavy atom. The van der Waals surface area contributed by atoms with Crippen molar-refractivity contribution < 1.29 is 154 Å². The van der Waals surface area contributed by atoms with Crippen molar-refractivity contribution in [2.24, 2.45) is 5.41 Å². The van der Waals surface area contributed by atoms with Crippen molar-refractivity contribution in [3.05, 3.63) is 69.3 Å². The molecule has 208 valence electrons. The number of carboxylic acid groups (broad SMARTS) is 3. The van der Waals surface area contributed by atoms with Gasteiger partial charge in [-0.15, -0.1) is 0 Å². The monoisotopic (exact) mass is 638 g/mol. The van der Waals surface area contributed by atoms with Gasteiger partial charge in [-0.2, -0.15) is 13.2 Å². The third kappa shape index (κ3) is 12.4. The second kappa shape index (κ2) is 17.0. The minimum Gasteiger partial charge on any atom is -0.652 e. The van der Waals surface area contributed by atoms with Crippen LogP contribution in [0.5, 0.6) is 0 Å². The number of alkyl halides is 3. The van der Waals surface area contributed by atoms with Gasteiger partial charge in [0, 0.05) is 12.6 Å². The summed E-state index contributed by atoms with van der Waals surface area (Å²) in [5, 5.41) is 36.5. The van der Waals surface area contributed by atoms with Crippen molar-refractivity contribution in [2.75, 3.05) is 6.54 Å². The summed E-state index contributed by atoms with van der Waals surface area (Å²) in [7, 11) is -4.36. The number of halogens is 3. The van der Waals surface area contributed by atoms with Gasteiger partial charge in [-0.1, -0.05) is 37.1 Å². The Morgan fingerprint density at radius 3 is 1.95 bits per heavy atom. The number of hydrogen-bond acceptors (Lipinski definition) is 8. The molecule has 1 saturated carbocycles. The molecule has 1 fully saturated rings. The first-order valence-electron chi connectivity index (χ1n) is 11.1. The molecule has 0 aromatic heterocycles. The number of hydrogen-bond donors (Lipinski definition) is 2. The van der Waals surface area contributed by atoms with Gasteiger partial charge in [0.15, 0.2) is 0 Å². The second-order valence-corrected chi connectivity index (χ2v) is 10.5. The minimum atomic E-state index is -5.09. The first kappa shape index (κ1) is 39.6. The molecule has 1 aliphatic carbocycles. The Hall–Kier alpha value is -0.447. The standard InChI is InChI=1S/C22H23F3N2O6S.CH2O3.2K/c23-22(24,25)18-12-17(7-8-19(18)27(30)31)34(32,33)26-14-21(9-1-2-10-21)13-16-5-3-15(4-6-16)11-20(28)29;2-1(3)4;;/h3-8,12,26H,1-2,9-11,13-14H2,(H,28,29);(H2,2,3,4);;/q;;2*+1/p-2. The third-order valence-electron chi connectivity index (χ3n) is 6.04. The van der Waals surface area contributed by atoms with Crippen LogP contribution in [0.15, 0.2) is 47.4 Å². The Balaban J connectivity index is 0.00000237. The van der Waals surface area contributed by atoms with Gasteiger partial charge < -0.3 is 20.1 Å². The van der Waals surface area contributed by atoms with Gasteiger partial charge in [-0.25, -0.2) is 13.1 Å². The fourth-order valence-electron chi connectivity index (χ4n) is 4.32. The van der Waals surface area contributed by atoms with Crippen LogP contribution in [0.1, 0.15) is 42.4 Å². The molecule has 0 bridgehead atoms. The number of nitro groups is 1. The number of carboxylic acids is 1. The summed E-state index contributed by atoms with van der Waals surface area (Å²) in [6.45, 7) is -0.00938. The van der Waals surface area contributed by atoms with Crippen LogP contribution in [-0.2, 0) is 33.8 Å². The van der Waals surface area contributed by atoms with Crippen molar-refractivity contribution in [3.63, 3.8) is 0 Å². The van der Waals surface area contributed by atoms with E-state index in [-0.39, 0.29) is 122 Å². The second-order valence-electron chi connectivity index (χ2n) is 8.78. The van der Waals surface area contributed by atoms with Gasteiger partial charge in [0.05, 0.1) is 16.2 Å². The van der Waals surface area contributed by atoms with E-state index in [0.29, 0.717) is 30.9 Å². The summed E-state index contributed by atoms with van der Waals surface area (Å²) in [6.07, 6.45) is -3.87. The molecule has 0 amide bonds. The van der Waals surface area contributed by atoms with Crippen LogP contribution in [-0.4, -0.2) is 37.1 Å². The van der Waals surface area contributed by atoms with E-state index in [4.69, 9.17) is 20.1 Å². The maximum absolute atomic E-state index is 13.3. The summed E-state index contributed by atoms with van der Waals surface area (Å²) in [4.78, 5) is 28.2. The van der Waals surface area contributed by atoms with Crippen LogP contribution in [0, 0.1) is 15.5 Å². The molecule has 3 rings (SSSR count). The van der Waals surface area contributed by atoms with E-state index < -0.39 is 54.8 Å². The minimum absolute atomic E-state index is 0. The van der Waals surface area contributed by atoms with Crippen LogP contribution in [0.25, 0.3) is 0 Å². The average molecular weight is 639 g/mol. The largest absolute Gasteiger partial charge is 1.00 e. The number of benzene rings is 2. The van der Waals surface area contributed by atoms with E-state index in [2.05, 4.69) is 4.72 Å². The van der Waals surface area contributed by atoms with Gasteiger partial charge in [0.25, 0.3) is 5.69 Å². The molecular formula is C23H23F3K2N2O9S. The van der Waals surface area contributed by atoms with E-state index in [1.54, 1.807) is 24.3 Å². The number of carbonyl (C=O) groups is 2. The fraction of sp³-hybridized carbons (Fsp3) is 0.391. The number of nitrogens with one attached hydrogen (secondary N) is 1. The van der Waals surface area contributed by atoms with Gasteiger partial charge in [-0.3, -0.25) is 14.9 Å². The van der Waals surface area contributed by atoms with Crippen molar-refractivity contribution in [1.82, 2.24) is 4.72 Å². The molecule has 0 saturated heterocycles. The summed E-state index contributed by atoms with van der Waals surface area (Å²) in [5.74, 6) is -0.950. The van der Waals surface area contributed by atoms with Gasteiger partial charge in [0.1, 0.15) is 5.56 Å². The number of sulfonamides is 1. The van der Waals surface area contributed by atoms with Crippen LogP contribution >= 0.6 is 0 Å². The summed E-state index contributed by atoms with van der Waals surface area (Å²) < 4.78 is 67.7. The van der Waals surface area contributed by atoms with E-state index in [1.807, 2.05) is 0 Å². The quantitative estimate of drug-likeness (QED) is 0.156. The Bertz CT molecular complexity index is 1280. The van der Waals surface area contributed by atoms with E-state index in [9.17, 15) is 36.5 Å². The van der Waals surface area contributed by atoms with Crippen LogP contribution in [0.2, 0.25) is 0 Å². The zero-order valence-electron chi connectivity index (χ0n) is 21.7. The Morgan fingerprint density at radius 2 is 1.50 bits per heavy atom. The maximum Gasteiger partial charge on any atom is 1.00 e. The predicted molar refractivity (Wildman–Crippen MR) is 121 cm³/mol. The van der Waals surface area contributed by atoms with Crippen LogP contribution in [0.4, 0.5) is 23.7 Å². The number of rotatable bonds is 9. The molecule has 1 aliphatic rings. The fourth-order valence-corrected chi connectivity index (χ4v) is 5.51. The van der Waals surface area contributed by atoms with E-state index in [1.165, 1.54) is 0 Å². The molecule has 0 radical (unpaired) electrons. The molecule has 40 heavy (non-hydrogen) atoms. The Labute approximate surface area is 313 Å². The van der Waals surface area contributed by atoms with Crippen molar-refractivity contribution in [2.45, 2.75) is 49.6 Å². The SMILES string of the molecule is O=C(O)Cc1ccc(CC2(CNS(=O)(=O)c3ccc([N+](=O)[O-])c(C(F)(F)F)c3)CCCC2)cc1.O=C([O-])[O-].[K+].[K+]. The molecule has 0 aliphatic heterocycles. The van der Waals surface area contributed by atoms with Crippen LogP contribution < -0.4 is 118 Å². The molecule has 2 N–H and O–H groups in total. The molecular weight excluding hydrogens is 616 g/mol. The van der Waals surface area contributed by atoms with Crippen molar-refractivity contribution >= 4 is 27.8 Å². The summed E-state index contributed by atoms with van der Waals surface area (Å²) >= 11 is 0. The third-order valence-corrected chi connectivity index (χ3v) is 7.44. The molecule has 0 atom stereocenters. The molecule has 2 aromatic rings. The topological polar surface area (TPSA) is 190 Å². The number of nitrogens with zero attached hydrogens (tertiary/aromatic N) is 1. The first-order valence-corrected chi connectivity index (χ1v) is 12.6. The first-order chi connectivity index (χ1) is 17.5. The van der Waals surface area contributed by atoms with E-state index >= 15 is 0 Å². The summed E-state index contributed by atoms with van der Waals surface area (Å²) in [6, 6.07) is 8.59. The normalized spacial score (nSPS) is 14.1. The van der Waals surface area contributed by atoms with Crippen molar-refractivity contribution in [3.8, 4) is 0 Å². The number of carbonyl (C=O) groups excluding carboxylic acids is 1. The number of aliphatic carboxylic acids is 1. The molecule has 11 nitrogen and oxygen atoms in total.